The molecule has 0 bridgehead atoms. The van der Waals surface area contributed by atoms with E-state index in [2.05, 4.69) is 55.5 Å². The quantitative estimate of drug-likeness (QED) is 0.567. The average molecular weight is 402 g/mol. The molecule has 0 radical (unpaired) electrons. The van der Waals surface area contributed by atoms with E-state index in [1.165, 1.54) is 16.7 Å². The number of hydrogen-bond donors (Lipinski definition) is 0. The van der Waals surface area contributed by atoms with E-state index in [-0.39, 0.29) is 0 Å². The van der Waals surface area contributed by atoms with Crippen molar-refractivity contribution in [3.8, 4) is 16.9 Å². The minimum atomic E-state index is -4.94. The number of hydrogen-bond acceptors (Lipinski definition) is 6. The topological polar surface area (TPSA) is 119 Å². The fraction of sp³-hybridized carbons (Fsp3) is 0.0952. The van der Waals surface area contributed by atoms with Crippen LogP contribution in [0.4, 0.5) is 0 Å². The molecule has 146 valence electrons. The Morgan fingerprint density at radius 2 is 1.25 bits per heavy atom. The summed E-state index contributed by atoms with van der Waals surface area (Å²) in [6, 6.07) is 24.0. The Kier molecular flexibility index (Phi) is 7.69. The summed E-state index contributed by atoms with van der Waals surface area (Å²) in [4.78, 5) is 10.6. The van der Waals surface area contributed by atoms with Gasteiger partial charge < -0.3 is 4.74 Å². The van der Waals surface area contributed by atoms with Crippen molar-refractivity contribution in [1.29, 1.82) is 0 Å². The number of halogens is 1. The number of rotatable bonds is 5. The number of carbonyl (C=O) groups is 1. The van der Waals surface area contributed by atoms with E-state index in [0.717, 1.165) is 17.6 Å². The zero-order valence-corrected chi connectivity index (χ0v) is 15.8. The number of aldehydes is 1. The summed E-state index contributed by atoms with van der Waals surface area (Å²) in [5.74, 6) is 0.762. The van der Waals surface area contributed by atoms with E-state index < -0.39 is 10.2 Å². The second-order valence-corrected chi connectivity index (χ2v) is 6.67. The molecule has 6 nitrogen and oxygen atoms in total. The summed E-state index contributed by atoms with van der Waals surface area (Å²) in [6.45, 7) is 2.60. The van der Waals surface area contributed by atoms with Crippen LogP contribution in [-0.4, -0.2) is 6.29 Å². The number of benzene rings is 3. The Bertz CT molecular complexity index is 863. The Balaban J connectivity index is 0.000000500. The van der Waals surface area contributed by atoms with Gasteiger partial charge in [0, 0.05) is 5.56 Å². The van der Waals surface area contributed by atoms with Crippen molar-refractivity contribution >= 4 is 6.29 Å². The highest BCUT2D eigenvalue weighted by Gasteiger charge is 2.00. The molecule has 0 heterocycles. The van der Waals surface area contributed by atoms with Crippen LogP contribution in [0.25, 0.3) is 11.1 Å². The zero-order chi connectivity index (χ0) is 20.6. The van der Waals surface area contributed by atoms with E-state index >= 15 is 0 Å². The standard InChI is InChI=1S/C21H18O2.ClHO4/c1-16-2-8-19(9-3-16)20-10-4-18(5-11-20)15-23-21-12-6-17(14-22)7-13-21;2-1(3,4)5/h2-14H,15H2,1H3;(H,2,3,4,5)/p-1. The number of carbonyl (C=O) groups excluding carboxylic acids is 1. The second kappa shape index (κ2) is 9.98. The third-order valence-electron chi connectivity index (χ3n) is 3.76. The molecule has 0 aliphatic heterocycles. The van der Waals surface area contributed by atoms with E-state index in [1.54, 1.807) is 12.1 Å². The van der Waals surface area contributed by atoms with Crippen LogP contribution < -0.4 is 23.4 Å². The third kappa shape index (κ3) is 7.87. The average Bonchev–Trinajstić information content (AvgIpc) is 2.66. The maximum absolute atomic E-state index is 10.6. The summed E-state index contributed by atoms with van der Waals surface area (Å²) < 4.78 is 39.7. The van der Waals surface area contributed by atoms with Crippen molar-refractivity contribution in [3.05, 3.63) is 89.5 Å². The molecule has 0 aliphatic rings. The summed E-state index contributed by atoms with van der Waals surface area (Å²) in [5, 5.41) is 0. The van der Waals surface area contributed by atoms with Gasteiger partial charge in [-0.25, -0.2) is 18.6 Å². The predicted octanol–water partition coefficient (Wildman–Crippen LogP) is 0.298. The van der Waals surface area contributed by atoms with Crippen LogP contribution in [0.15, 0.2) is 72.8 Å². The van der Waals surface area contributed by atoms with Crippen LogP contribution in [0.1, 0.15) is 21.5 Å². The first kappa shape index (κ1) is 21.6. The monoisotopic (exact) mass is 401 g/mol. The molecular weight excluding hydrogens is 384 g/mol. The van der Waals surface area contributed by atoms with Gasteiger partial charge in [-0.15, -0.1) is 10.2 Å². The molecule has 28 heavy (non-hydrogen) atoms. The first-order chi connectivity index (χ1) is 13.2. The summed E-state index contributed by atoms with van der Waals surface area (Å²) >= 11 is 0. The predicted molar refractivity (Wildman–Crippen MR) is 92.8 cm³/mol. The highest BCUT2D eigenvalue weighted by molar-refractivity contribution is 5.74. The molecule has 0 saturated heterocycles. The van der Waals surface area contributed by atoms with Gasteiger partial charge >= 0.3 is 0 Å². The van der Waals surface area contributed by atoms with Gasteiger partial charge in [0.1, 0.15) is 18.6 Å². The molecule has 0 saturated carbocycles. The first-order valence-corrected chi connectivity index (χ1v) is 9.44. The maximum Gasteiger partial charge on any atom is 0.150 e. The lowest BCUT2D eigenvalue weighted by Gasteiger charge is -2.17. The molecule has 3 aromatic carbocycles. The van der Waals surface area contributed by atoms with Crippen molar-refractivity contribution in [1.82, 2.24) is 0 Å². The summed E-state index contributed by atoms with van der Waals surface area (Å²) in [7, 11) is -4.94. The Morgan fingerprint density at radius 3 is 1.71 bits per heavy atom. The Hall–Kier alpha value is -2.74. The van der Waals surface area contributed by atoms with Gasteiger partial charge in [0.2, 0.25) is 0 Å². The largest absolute Gasteiger partial charge is 0.489 e. The first-order valence-electron chi connectivity index (χ1n) is 8.20. The highest BCUT2D eigenvalue weighted by Crippen LogP contribution is 2.21. The van der Waals surface area contributed by atoms with Crippen LogP contribution in [-0.2, 0) is 6.61 Å². The molecule has 0 atom stereocenters. The Labute approximate surface area is 165 Å². The van der Waals surface area contributed by atoms with Gasteiger partial charge in [-0.3, -0.25) is 4.79 Å². The van der Waals surface area contributed by atoms with E-state index in [0.29, 0.717) is 12.2 Å². The Morgan fingerprint density at radius 1 is 0.786 bits per heavy atom. The van der Waals surface area contributed by atoms with Gasteiger partial charge in [-0.05, 0) is 47.9 Å². The minimum absolute atomic E-state index is 0.509. The van der Waals surface area contributed by atoms with Crippen molar-refractivity contribution in [2.75, 3.05) is 0 Å². The molecule has 0 aliphatic carbocycles. The number of aryl methyl sites for hydroxylation is 1. The minimum Gasteiger partial charge on any atom is -0.489 e. The fourth-order valence-corrected chi connectivity index (χ4v) is 2.35. The smallest absolute Gasteiger partial charge is 0.150 e. The molecule has 3 rings (SSSR count). The van der Waals surface area contributed by atoms with Crippen LogP contribution in [0.5, 0.6) is 5.75 Å². The zero-order valence-electron chi connectivity index (χ0n) is 15.0. The van der Waals surface area contributed by atoms with Crippen LogP contribution >= 0.6 is 0 Å². The van der Waals surface area contributed by atoms with Crippen molar-refractivity contribution in [2.45, 2.75) is 13.5 Å². The second-order valence-electron chi connectivity index (χ2n) is 5.92. The van der Waals surface area contributed by atoms with E-state index in [1.807, 2.05) is 12.1 Å². The molecular formula is C21H18ClO6-. The fourth-order valence-electron chi connectivity index (χ4n) is 2.35. The van der Waals surface area contributed by atoms with Gasteiger partial charge in [-0.2, -0.15) is 0 Å². The maximum atomic E-state index is 10.6. The molecule has 0 unspecified atom stereocenters. The van der Waals surface area contributed by atoms with E-state index in [4.69, 9.17) is 23.4 Å². The number of ether oxygens (including phenoxy) is 1. The SMILES string of the molecule is Cc1ccc(-c2ccc(COc3ccc(C=O)cc3)cc2)cc1.[O-][Cl+3]([O-])([O-])[O-]. The van der Waals surface area contributed by atoms with Crippen LogP contribution in [0, 0.1) is 17.2 Å². The summed E-state index contributed by atoms with van der Waals surface area (Å²) in [6.07, 6.45) is 0.827. The lowest BCUT2D eigenvalue weighted by Crippen LogP contribution is -2.68. The van der Waals surface area contributed by atoms with Gasteiger partial charge in [0.15, 0.2) is 0 Å². The highest BCUT2D eigenvalue weighted by atomic mass is 35.7. The molecule has 0 aromatic heterocycles. The van der Waals surface area contributed by atoms with Crippen molar-refractivity contribution in [3.63, 3.8) is 0 Å². The van der Waals surface area contributed by atoms with Crippen molar-refractivity contribution in [2.24, 2.45) is 0 Å². The lowest BCUT2D eigenvalue weighted by atomic mass is 10.0. The van der Waals surface area contributed by atoms with Crippen molar-refractivity contribution < 1.29 is 38.4 Å². The molecule has 3 aromatic rings. The molecule has 0 fully saturated rings. The van der Waals surface area contributed by atoms with Gasteiger partial charge in [-0.1, -0.05) is 54.1 Å². The van der Waals surface area contributed by atoms with Crippen LogP contribution in [0.2, 0.25) is 0 Å². The molecule has 0 N–H and O–H groups in total. The van der Waals surface area contributed by atoms with Crippen LogP contribution in [0.3, 0.4) is 0 Å². The molecule has 7 heteroatoms. The van der Waals surface area contributed by atoms with Gasteiger partial charge in [0.05, 0.1) is 0 Å². The third-order valence-corrected chi connectivity index (χ3v) is 3.76. The molecule has 0 spiro atoms. The molecule has 0 amide bonds. The normalized spacial score (nSPS) is 10.6. The lowest BCUT2D eigenvalue weighted by molar-refractivity contribution is -2.00. The van der Waals surface area contributed by atoms with Gasteiger partial charge in [0.25, 0.3) is 0 Å². The van der Waals surface area contributed by atoms with E-state index in [9.17, 15) is 4.79 Å². The summed E-state index contributed by atoms with van der Waals surface area (Å²) in [5.41, 5.74) is 5.44.